The van der Waals surface area contributed by atoms with E-state index in [-0.39, 0.29) is 11.2 Å². The lowest BCUT2D eigenvalue weighted by Crippen LogP contribution is -2.36. The Hall–Kier alpha value is -0.600. The fourth-order valence-corrected chi connectivity index (χ4v) is 3.05. The van der Waals surface area contributed by atoms with Crippen LogP contribution in [-0.4, -0.2) is 13.1 Å². The normalized spacial score (nSPS) is 14.1. The maximum atomic E-state index is 14.1. The highest BCUT2D eigenvalue weighted by molar-refractivity contribution is 6.31. The summed E-state index contributed by atoms with van der Waals surface area (Å²) in [6.45, 7) is 8.52. The van der Waals surface area contributed by atoms with Crippen LogP contribution in [0.15, 0.2) is 18.2 Å². The number of benzene rings is 1. The minimum atomic E-state index is -0.174. The first kappa shape index (κ1) is 18.4. The van der Waals surface area contributed by atoms with Gasteiger partial charge in [-0.2, -0.15) is 0 Å². The van der Waals surface area contributed by atoms with Crippen LogP contribution in [0.4, 0.5) is 4.39 Å². The van der Waals surface area contributed by atoms with Crippen LogP contribution >= 0.6 is 11.6 Å². The highest BCUT2D eigenvalue weighted by Gasteiger charge is 2.29. The van der Waals surface area contributed by atoms with Gasteiger partial charge in [-0.05, 0) is 49.8 Å². The molecule has 120 valence electrons. The van der Waals surface area contributed by atoms with E-state index in [4.69, 9.17) is 11.6 Å². The summed E-state index contributed by atoms with van der Waals surface area (Å²) >= 11 is 6.23. The van der Waals surface area contributed by atoms with E-state index >= 15 is 0 Å². The molecule has 3 heteroatoms. The van der Waals surface area contributed by atoms with Crippen molar-refractivity contribution in [3.05, 3.63) is 34.6 Å². The molecule has 1 N–H and O–H groups in total. The molecule has 0 aliphatic rings. The minimum Gasteiger partial charge on any atom is -0.316 e. The smallest absolute Gasteiger partial charge is 0.127 e. The number of halogens is 2. The molecule has 0 aromatic heterocycles. The first-order valence-electron chi connectivity index (χ1n) is 8.22. The molecule has 1 rings (SSSR count). The Bertz CT molecular complexity index is 401. The van der Waals surface area contributed by atoms with Crippen LogP contribution in [0.5, 0.6) is 0 Å². The molecule has 0 amide bonds. The van der Waals surface area contributed by atoms with Crippen molar-refractivity contribution < 1.29 is 4.39 Å². The van der Waals surface area contributed by atoms with Gasteiger partial charge < -0.3 is 5.32 Å². The van der Waals surface area contributed by atoms with E-state index < -0.39 is 0 Å². The molecule has 21 heavy (non-hydrogen) atoms. The van der Waals surface area contributed by atoms with Gasteiger partial charge in [0.2, 0.25) is 0 Å². The molecule has 1 unspecified atom stereocenters. The molecule has 0 fully saturated rings. The quantitative estimate of drug-likeness (QED) is 0.554. The number of nitrogens with one attached hydrogen (secondary N) is 1. The summed E-state index contributed by atoms with van der Waals surface area (Å²) in [5.74, 6) is -0.174. The summed E-state index contributed by atoms with van der Waals surface area (Å²) in [4.78, 5) is 0. The molecule has 0 saturated heterocycles. The van der Waals surface area contributed by atoms with Crippen LogP contribution in [0, 0.1) is 11.2 Å². The first-order valence-corrected chi connectivity index (χ1v) is 8.60. The SMILES string of the molecule is CCCCC(CC)(CNCCC)Cc1c(F)cccc1Cl. The second-order valence-corrected chi connectivity index (χ2v) is 6.42. The lowest BCUT2D eigenvalue weighted by atomic mass is 9.75. The summed E-state index contributed by atoms with van der Waals surface area (Å²) in [5, 5.41) is 4.08. The van der Waals surface area contributed by atoms with Gasteiger partial charge in [0.25, 0.3) is 0 Å². The third-order valence-corrected chi connectivity index (χ3v) is 4.71. The number of unbranched alkanes of at least 4 members (excludes halogenated alkanes) is 1. The van der Waals surface area contributed by atoms with Gasteiger partial charge in [-0.25, -0.2) is 4.39 Å². The van der Waals surface area contributed by atoms with Crippen molar-refractivity contribution in [3.63, 3.8) is 0 Å². The summed E-state index contributed by atoms with van der Waals surface area (Å²) in [7, 11) is 0. The van der Waals surface area contributed by atoms with Crippen molar-refractivity contribution in [2.75, 3.05) is 13.1 Å². The topological polar surface area (TPSA) is 12.0 Å². The van der Waals surface area contributed by atoms with Crippen LogP contribution in [-0.2, 0) is 6.42 Å². The highest BCUT2D eigenvalue weighted by Crippen LogP contribution is 2.35. The molecule has 1 aromatic carbocycles. The predicted octanol–water partition coefficient (Wildman–Crippen LogP) is 5.61. The molecule has 0 heterocycles. The molecule has 1 aromatic rings. The Morgan fingerprint density at radius 1 is 1.19 bits per heavy atom. The van der Waals surface area contributed by atoms with Crippen LogP contribution in [0.1, 0.15) is 58.4 Å². The maximum Gasteiger partial charge on any atom is 0.127 e. The molecule has 1 atom stereocenters. The molecule has 0 radical (unpaired) electrons. The number of hydrogen-bond acceptors (Lipinski definition) is 1. The van der Waals surface area contributed by atoms with Gasteiger partial charge in [-0.15, -0.1) is 0 Å². The van der Waals surface area contributed by atoms with E-state index in [2.05, 4.69) is 26.1 Å². The predicted molar refractivity (Wildman–Crippen MR) is 90.5 cm³/mol. The Morgan fingerprint density at radius 3 is 2.52 bits per heavy atom. The van der Waals surface area contributed by atoms with Crippen molar-refractivity contribution in [1.82, 2.24) is 5.32 Å². The van der Waals surface area contributed by atoms with Crippen molar-refractivity contribution in [2.24, 2.45) is 5.41 Å². The monoisotopic (exact) mass is 313 g/mol. The second kappa shape index (κ2) is 9.42. The van der Waals surface area contributed by atoms with Gasteiger partial charge in [0.05, 0.1) is 0 Å². The largest absolute Gasteiger partial charge is 0.316 e. The average Bonchev–Trinajstić information content (AvgIpc) is 2.48. The molecule has 0 bridgehead atoms. The van der Waals surface area contributed by atoms with Gasteiger partial charge in [0.15, 0.2) is 0 Å². The molecule has 0 aliphatic heterocycles. The van der Waals surface area contributed by atoms with Crippen molar-refractivity contribution >= 4 is 11.6 Å². The summed E-state index contributed by atoms with van der Waals surface area (Å²) in [6, 6.07) is 4.98. The summed E-state index contributed by atoms with van der Waals surface area (Å²) < 4.78 is 14.1. The Kier molecular flexibility index (Phi) is 8.28. The van der Waals surface area contributed by atoms with Crippen molar-refractivity contribution in [2.45, 2.75) is 59.3 Å². The van der Waals surface area contributed by atoms with Crippen LogP contribution < -0.4 is 5.32 Å². The molecule has 0 aliphatic carbocycles. The van der Waals surface area contributed by atoms with Gasteiger partial charge in [-0.1, -0.05) is 51.3 Å². The lowest BCUT2D eigenvalue weighted by Gasteiger charge is -2.34. The first-order chi connectivity index (χ1) is 10.1. The fraction of sp³-hybridized carbons (Fsp3) is 0.667. The molecular formula is C18H29ClFN. The van der Waals surface area contributed by atoms with Crippen molar-refractivity contribution in [3.8, 4) is 0 Å². The van der Waals surface area contributed by atoms with Gasteiger partial charge in [0, 0.05) is 17.1 Å². The lowest BCUT2D eigenvalue weighted by molar-refractivity contribution is 0.227. The van der Waals surface area contributed by atoms with E-state index in [9.17, 15) is 4.39 Å². The molecule has 0 saturated carbocycles. The van der Waals surface area contributed by atoms with E-state index in [1.807, 2.05) is 0 Å². The highest BCUT2D eigenvalue weighted by atomic mass is 35.5. The molecule has 1 nitrogen and oxygen atoms in total. The van der Waals surface area contributed by atoms with E-state index in [0.29, 0.717) is 17.0 Å². The van der Waals surface area contributed by atoms with E-state index in [1.165, 1.54) is 18.9 Å². The average molecular weight is 314 g/mol. The molecule has 0 spiro atoms. The molecular weight excluding hydrogens is 285 g/mol. The van der Waals surface area contributed by atoms with Gasteiger partial charge >= 0.3 is 0 Å². The van der Waals surface area contributed by atoms with Crippen LogP contribution in [0.25, 0.3) is 0 Å². The van der Waals surface area contributed by atoms with Crippen LogP contribution in [0.3, 0.4) is 0 Å². The van der Waals surface area contributed by atoms with Crippen LogP contribution in [0.2, 0.25) is 5.02 Å². The Labute approximate surface area is 134 Å². The Balaban J connectivity index is 2.93. The Morgan fingerprint density at radius 2 is 1.95 bits per heavy atom. The number of rotatable bonds is 10. The van der Waals surface area contributed by atoms with E-state index in [0.717, 1.165) is 32.4 Å². The zero-order chi connectivity index (χ0) is 15.7. The summed E-state index contributed by atoms with van der Waals surface area (Å²) in [6.07, 6.45) is 6.32. The number of hydrogen-bond donors (Lipinski definition) is 1. The zero-order valence-electron chi connectivity index (χ0n) is 13.6. The van der Waals surface area contributed by atoms with Gasteiger partial charge in [-0.3, -0.25) is 0 Å². The maximum absolute atomic E-state index is 14.1. The second-order valence-electron chi connectivity index (χ2n) is 6.01. The third-order valence-electron chi connectivity index (χ3n) is 4.35. The van der Waals surface area contributed by atoms with Gasteiger partial charge in [0.1, 0.15) is 5.82 Å². The summed E-state index contributed by atoms with van der Waals surface area (Å²) in [5.41, 5.74) is 0.771. The fourth-order valence-electron chi connectivity index (χ4n) is 2.82. The zero-order valence-corrected chi connectivity index (χ0v) is 14.4. The third kappa shape index (κ3) is 5.60. The minimum absolute atomic E-state index is 0.0943. The van der Waals surface area contributed by atoms with E-state index in [1.54, 1.807) is 12.1 Å². The standard InChI is InChI=1S/C18H29ClFN/c1-4-7-11-18(6-3,14-21-12-5-2)13-15-16(19)9-8-10-17(15)20/h8-10,21H,4-7,11-14H2,1-3H3. The van der Waals surface area contributed by atoms with Crippen molar-refractivity contribution in [1.29, 1.82) is 0 Å².